The van der Waals surface area contributed by atoms with E-state index >= 15 is 0 Å². The minimum atomic E-state index is -3.45. The molecule has 5 nitrogen and oxygen atoms in total. The van der Waals surface area contributed by atoms with Crippen molar-refractivity contribution in [3.05, 3.63) is 0 Å². The van der Waals surface area contributed by atoms with Gasteiger partial charge in [0.1, 0.15) is 0 Å². The van der Waals surface area contributed by atoms with Crippen molar-refractivity contribution >= 4 is 10.2 Å². The van der Waals surface area contributed by atoms with Crippen LogP contribution in [0.3, 0.4) is 0 Å². The predicted molar refractivity (Wildman–Crippen MR) is 58.6 cm³/mol. The molecule has 6 heteroatoms. The van der Waals surface area contributed by atoms with Gasteiger partial charge < -0.3 is 5.11 Å². The molecule has 15 heavy (non-hydrogen) atoms. The van der Waals surface area contributed by atoms with Crippen LogP contribution in [0.2, 0.25) is 0 Å². The van der Waals surface area contributed by atoms with Crippen molar-refractivity contribution in [1.29, 1.82) is 0 Å². The van der Waals surface area contributed by atoms with Gasteiger partial charge in [-0.3, -0.25) is 0 Å². The Morgan fingerprint density at radius 3 is 2.47 bits per heavy atom. The fraction of sp³-hybridized carbons (Fsp3) is 1.00. The Labute approximate surface area is 91.7 Å². The van der Waals surface area contributed by atoms with Crippen molar-refractivity contribution in [2.75, 3.05) is 13.1 Å². The normalized spacial score (nSPS) is 25.5. The number of piperidine rings is 1. The van der Waals surface area contributed by atoms with Crippen molar-refractivity contribution in [2.45, 2.75) is 45.3 Å². The molecule has 0 aromatic heterocycles. The third-order valence-electron chi connectivity index (χ3n) is 2.13. The number of nitrogens with one attached hydrogen (secondary N) is 1. The number of hydrogen-bond donors (Lipinski definition) is 2. The third kappa shape index (κ3) is 4.06. The molecule has 1 saturated heterocycles. The first-order valence-electron chi connectivity index (χ1n) is 5.18. The van der Waals surface area contributed by atoms with Crippen LogP contribution in [-0.2, 0) is 10.2 Å². The Hall–Kier alpha value is -0.170. The number of rotatable bonds is 2. The maximum absolute atomic E-state index is 11.9. The Morgan fingerprint density at radius 1 is 1.40 bits per heavy atom. The van der Waals surface area contributed by atoms with E-state index in [9.17, 15) is 13.5 Å². The third-order valence-corrected chi connectivity index (χ3v) is 4.02. The van der Waals surface area contributed by atoms with E-state index in [0.717, 1.165) is 0 Å². The van der Waals surface area contributed by atoms with Crippen molar-refractivity contribution < 1.29 is 13.5 Å². The average molecular weight is 236 g/mol. The fourth-order valence-electron chi connectivity index (χ4n) is 1.59. The van der Waals surface area contributed by atoms with Gasteiger partial charge >= 0.3 is 0 Å². The molecule has 1 rings (SSSR count). The molecular weight excluding hydrogens is 216 g/mol. The molecule has 0 radical (unpaired) electrons. The molecule has 0 amide bonds. The first kappa shape index (κ1) is 12.9. The molecule has 1 atom stereocenters. The lowest BCUT2D eigenvalue weighted by atomic mass is 10.1. The van der Waals surface area contributed by atoms with E-state index in [2.05, 4.69) is 4.72 Å². The first-order chi connectivity index (χ1) is 6.71. The maximum Gasteiger partial charge on any atom is 0.280 e. The van der Waals surface area contributed by atoms with Gasteiger partial charge in [0.05, 0.1) is 6.10 Å². The summed E-state index contributed by atoms with van der Waals surface area (Å²) in [6.07, 6.45) is 0.864. The molecule has 90 valence electrons. The van der Waals surface area contributed by atoms with Crippen LogP contribution < -0.4 is 4.72 Å². The van der Waals surface area contributed by atoms with Gasteiger partial charge in [0.15, 0.2) is 0 Å². The summed E-state index contributed by atoms with van der Waals surface area (Å²) in [5, 5.41) is 9.41. The molecule has 1 heterocycles. The molecule has 1 aliphatic heterocycles. The summed E-state index contributed by atoms with van der Waals surface area (Å²) in [7, 11) is -3.45. The van der Waals surface area contributed by atoms with Crippen LogP contribution in [-0.4, -0.2) is 42.6 Å². The van der Waals surface area contributed by atoms with E-state index in [1.165, 1.54) is 4.31 Å². The Morgan fingerprint density at radius 2 is 2.00 bits per heavy atom. The molecule has 0 aliphatic carbocycles. The number of β-amino-alcohol motifs (C(OH)–C–C–N with tert-alkyl or cyclic N) is 1. The van der Waals surface area contributed by atoms with E-state index in [0.29, 0.717) is 19.4 Å². The molecule has 2 N–H and O–H groups in total. The quantitative estimate of drug-likeness (QED) is 0.713. The highest BCUT2D eigenvalue weighted by molar-refractivity contribution is 7.87. The summed E-state index contributed by atoms with van der Waals surface area (Å²) in [4.78, 5) is 0. The van der Waals surface area contributed by atoms with Crippen LogP contribution in [0.1, 0.15) is 33.6 Å². The minimum absolute atomic E-state index is 0.200. The van der Waals surface area contributed by atoms with Gasteiger partial charge in [-0.05, 0) is 33.6 Å². The van der Waals surface area contributed by atoms with Crippen molar-refractivity contribution in [3.63, 3.8) is 0 Å². The lowest BCUT2D eigenvalue weighted by molar-refractivity contribution is 0.107. The predicted octanol–water partition coefficient (Wildman–Crippen LogP) is 0.0760. The van der Waals surface area contributed by atoms with Crippen LogP contribution in [0, 0.1) is 0 Å². The van der Waals surface area contributed by atoms with Gasteiger partial charge in [0.2, 0.25) is 0 Å². The lowest BCUT2D eigenvalue weighted by Gasteiger charge is -2.32. The number of nitrogens with zero attached hydrogens (tertiary/aromatic N) is 1. The van der Waals surface area contributed by atoms with Crippen LogP contribution in [0.5, 0.6) is 0 Å². The topological polar surface area (TPSA) is 69.6 Å². The molecule has 0 spiro atoms. The molecule has 0 aromatic carbocycles. The standard InChI is InChI=1S/C9H20N2O3S/c1-9(2,3)10-15(13,14)11-6-4-5-8(12)7-11/h8,10,12H,4-7H2,1-3H3/t8-/m0/s1. The number of aliphatic hydroxyl groups is 1. The Balaban J connectivity index is 2.69. The zero-order valence-corrected chi connectivity index (χ0v) is 10.3. The van der Waals surface area contributed by atoms with Gasteiger partial charge in [-0.25, -0.2) is 0 Å². The summed E-state index contributed by atoms with van der Waals surface area (Å²) in [5.74, 6) is 0. The zero-order chi connectivity index (χ0) is 11.7. The highest BCUT2D eigenvalue weighted by atomic mass is 32.2. The van der Waals surface area contributed by atoms with Gasteiger partial charge in [-0.15, -0.1) is 0 Å². The summed E-state index contributed by atoms with van der Waals surface area (Å²) in [6.45, 7) is 6.08. The second-order valence-corrected chi connectivity index (χ2v) is 6.68. The van der Waals surface area contributed by atoms with Crippen LogP contribution in [0.4, 0.5) is 0 Å². The summed E-state index contributed by atoms with van der Waals surface area (Å²) >= 11 is 0. The highest BCUT2D eigenvalue weighted by Crippen LogP contribution is 2.14. The van der Waals surface area contributed by atoms with Gasteiger partial charge in [-0.1, -0.05) is 0 Å². The fourth-order valence-corrected chi connectivity index (χ4v) is 3.23. The monoisotopic (exact) mass is 236 g/mol. The second kappa shape index (κ2) is 4.37. The van der Waals surface area contributed by atoms with E-state index in [1.807, 2.05) is 0 Å². The second-order valence-electron chi connectivity index (χ2n) is 5.01. The summed E-state index contributed by atoms with van der Waals surface area (Å²) < 4.78 is 27.6. The van der Waals surface area contributed by atoms with Crippen molar-refractivity contribution in [3.8, 4) is 0 Å². The van der Waals surface area contributed by atoms with Crippen LogP contribution in [0.15, 0.2) is 0 Å². The van der Waals surface area contributed by atoms with Gasteiger partial charge in [-0.2, -0.15) is 17.4 Å². The maximum atomic E-state index is 11.9. The van der Waals surface area contributed by atoms with Gasteiger partial charge in [0, 0.05) is 18.6 Å². The molecule has 0 aromatic rings. The largest absolute Gasteiger partial charge is 0.392 e. The molecule has 0 saturated carbocycles. The Bertz CT molecular complexity index is 308. The highest BCUT2D eigenvalue weighted by Gasteiger charge is 2.30. The van der Waals surface area contributed by atoms with E-state index in [-0.39, 0.29) is 6.54 Å². The van der Waals surface area contributed by atoms with E-state index < -0.39 is 21.9 Å². The van der Waals surface area contributed by atoms with Crippen LogP contribution >= 0.6 is 0 Å². The van der Waals surface area contributed by atoms with E-state index in [1.54, 1.807) is 20.8 Å². The van der Waals surface area contributed by atoms with Crippen LogP contribution in [0.25, 0.3) is 0 Å². The van der Waals surface area contributed by atoms with Gasteiger partial charge in [0.25, 0.3) is 10.2 Å². The summed E-state index contributed by atoms with van der Waals surface area (Å²) in [6, 6.07) is 0. The first-order valence-corrected chi connectivity index (χ1v) is 6.62. The lowest BCUT2D eigenvalue weighted by Crippen LogP contribution is -2.52. The SMILES string of the molecule is CC(C)(C)NS(=O)(=O)N1CCC[C@H](O)C1. The van der Waals surface area contributed by atoms with Crippen molar-refractivity contribution in [1.82, 2.24) is 9.03 Å². The Kier molecular flexibility index (Phi) is 3.76. The molecule has 0 unspecified atom stereocenters. The molecule has 0 bridgehead atoms. The molecule has 1 aliphatic rings. The zero-order valence-electron chi connectivity index (χ0n) is 9.52. The summed E-state index contributed by atoms with van der Waals surface area (Å²) in [5.41, 5.74) is -0.485. The smallest absolute Gasteiger partial charge is 0.280 e. The minimum Gasteiger partial charge on any atom is -0.392 e. The molecule has 1 fully saturated rings. The van der Waals surface area contributed by atoms with E-state index in [4.69, 9.17) is 0 Å². The average Bonchev–Trinajstić information content (AvgIpc) is 1.99. The number of aliphatic hydroxyl groups excluding tert-OH is 1. The number of hydrogen-bond acceptors (Lipinski definition) is 3. The van der Waals surface area contributed by atoms with Crippen molar-refractivity contribution in [2.24, 2.45) is 0 Å². The molecular formula is C9H20N2O3S.